The Kier molecular flexibility index (Phi) is 2.41. The number of nitrogens with one attached hydrogen (secondary N) is 1. The Morgan fingerprint density at radius 2 is 2.06 bits per heavy atom. The van der Waals surface area contributed by atoms with E-state index >= 15 is 0 Å². The van der Waals surface area contributed by atoms with E-state index in [0.717, 1.165) is 12.1 Å². The van der Waals surface area contributed by atoms with Gasteiger partial charge in [0.15, 0.2) is 5.71 Å². The second kappa shape index (κ2) is 3.65. The van der Waals surface area contributed by atoms with Crippen molar-refractivity contribution in [3.8, 4) is 5.75 Å². The van der Waals surface area contributed by atoms with E-state index in [4.69, 9.17) is 5.21 Å². The standard InChI is InChI=1S/C9H5F3N2O3/c10-9(11,12)17-4-1-2-6-5(3-4)7(14-16)8(15)13-6/h1-3,16H,(H,13,14,15). The number of amides is 1. The first-order chi connectivity index (χ1) is 7.90. The minimum atomic E-state index is -4.82. The quantitative estimate of drug-likeness (QED) is 0.585. The molecule has 8 heteroatoms. The van der Waals surface area contributed by atoms with Crippen molar-refractivity contribution in [2.24, 2.45) is 5.16 Å². The van der Waals surface area contributed by atoms with Gasteiger partial charge >= 0.3 is 6.36 Å². The van der Waals surface area contributed by atoms with Gasteiger partial charge < -0.3 is 15.3 Å². The molecule has 1 amide bonds. The average molecular weight is 246 g/mol. The van der Waals surface area contributed by atoms with Crippen molar-refractivity contribution in [3.05, 3.63) is 23.8 Å². The van der Waals surface area contributed by atoms with Gasteiger partial charge in [-0.05, 0) is 18.2 Å². The highest BCUT2D eigenvalue weighted by molar-refractivity contribution is 6.53. The Bertz CT molecular complexity index is 511. The molecule has 17 heavy (non-hydrogen) atoms. The monoisotopic (exact) mass is 246 g/mol. The summed E-state index contributed by atoms with van der Waals surface area (Å²) >= 11 is 0. The fourth-order valence-corrected chi connectivity index (χ4v) is 1.43. The van der Waals surface area contributed by atoms with E-state index in [0.29, 0.717) is 0 Å². The van der Waals surface area contributed by atoms with Crippen LogP contribution >= 0.6 is 0 Å². The van der Waals surface area contributed by atoms with Gasteiger partial charge in [0.2, 0.25) is 0 Å². The number of carbonyl (C=O) groups is 1. The summed E-state index contributed by atoms with van der Waals surface area (Å²) in [5.41, 5.74) is -0.0378. The molecule has 0 aromatic heterocycles. The van der Waals surface area contributed by atoms with Gasteiger partial charge in [-0.3, -0.25) is 4.79 Å². The molecular weight excluding hydrogens is 241 g/mol. The highest BCUT2D eigenvalue weighted by Crippen LogP contribution is 2.30. The predicted octanol–water partition coefficient (Wildman–Crippen LogP) is 1.72. The summed E-state index contributed by atoms with van der Waals surface area (Å²) in [6.07, 6.45) is -4.82. The topological polar surface area (TPSA) is 70.9 Å². The van der Waals surface area contributed by atoms with E-state index in [2.05, 4.69) is 15.2 Å². The van der Waals surface area contributed by atoms with Gasteiger partial charge in [-0.15, -0.1) is 13.2 Å². The van der Waals surface area contributed by atoms with Crippen LogP contribution in [0.2, 0.25) is 0 Å². The summed E-state index contributed by atoms with van der Waals surface area (Å²) < 4.78 is 39.6. The molecule has 0 bridgehead atoms. The van der Waals surface area contributed by atoms with Crippen LogP contribution in [0.15, 0.2) is 23.4 Å². The van der Waals surface area contributed by atoms with Gasteiger partial charge in [0.05, 0.1) is 5.69 Å². The summed E-state index contributed by atoms with van der Waals surface area (Å²) in [6.45, 7) is 0. The lowest BCUT2D eigenvalue weighted by Gasteiger charge is -2.09. The molecule has 0 saturated carbocycles. The number of ether oxygens (including phenoxy) is 1. The zero-order valence-electron chi connectivity index (χ0n) is 8.08. The SMILES string of the molecule is O=C1Nc2ccc(OC(F)(F)F)cc2/C1=N/O. The Morgan fingerprint density at radius 3 is 2.65 bits per heavy atom. The molecule has 0 atom stereocenters. The molecule has 1 aliphatic rings. The summed E-state index contributed by atoms with van der Waals surface area (Å²) in [4.78, 5) is 11.2. The highest BCUT2D eigenvalue weighted by atomic mass is 19.4. The smallest absolute Gasteiger partial charge is 0.410 e. The van der Waals surface area contributed by atoms with Crippen LogP contribution in [-0.4, -0.2) is 23.2 Å². The van der Waals surface area contributed by atoms with Crippen LogP contribution in [0, 0.1) is 0 Å². The lowest BCUT2D eigenvalue weighted by Crippen LogP contribution is -2.17. The van der Waals surface area contributed by atoms with E-state index in [1.807, 2.05) is 0 Å². The van der Waals surface area contributed by atoms with Gasteiger partial charge in [-0.1, -0.05) is 5.16 Å². The molecular formula is C9H5F3N2O3. The van der Waals surface area contributed by atoms with Crippen LogP contribution in [0.5, 0.6) is 5.75 Å². The second-order valence-corrected chi connectivity index (χ2v) is 3.16. The molecule has 5 nitrogen and oxygen atoms in total. The molecule has 0 spiro atoms. The molecule has 1 aliphatic heterocycles. The van der Waals surface area contributed by atoms with E-state index < -0.39 is 18.0 Å². The number of fused-ring (bicyclic) bond motifs is 1. The van der Waals surface area contributed by atoms with Crippen molar-refractivity contribution in [3.63, 3.8) is 0 Å². The molecule has 2 rings (SSSR count). The molecule has 0 fully saturated rings. The Morgan fingerprint density at radius 1 is 1.35 bits per heavy atom. The third-order valence-electron chi connectivity index (χ3n) is 2.04. The van der Waals surface area contributed by atoms with Gasteiger partial charge in [-0.25, -0.2) is 0 Å². The summed E-state index contributed by atoms with van der Waals surface area (Å²) in [7, 11) is 0. The van der Waals surface area contributed by atoms with Gasteiger partial charge in [0, 0.05) is 5.56 Å². The van der Waals surface area contributed by atoms with Crippen LogP contribution in [0.1, 0.15) is 5.56 Å². The summed E-state index contributed by atoms with van der Waals surface area (Å²) in [5, 5.41) is 13.6. The predicted molar refractivity (Wildman–Crippen MR) is 50.1 cm³/mol. The van der Waals surface area contributed by atoms with E-state index in [1.54, 1.807) is 0 Å². The molecule has 1 aromatic rings. The number of carbonyl (C=O) groups excluding carboxylic acids is 1. The molecule has 1 aromatic carbocycles. The first kappa shape index (κ1) is 11.2. The molecule has 90 valence electrons. The minimum absolute atomic E-state index is 0.0549. The fraction of sp³-hybridized carbons (Fsp3) is 0.111. The fourth-order valence-electron chi connectivity index (χ4n) is 1.43. The maximum atomic E-state index is 12.0. The normalized spacial score (nSPS) is 16.9. The van der Waals surface area contributed by atoms with Crippen molar-refractivity contribution in [1.29, 1.82) is 0 Å². The third kappa shape index (κ3) is 2.14. The molecule has 0 unspecified atom stereocenters. The maximum Gasteiger partial charge on any atom is 0.573 e. The first-order valence-electron chi connectivity index (χ1n) is 4.34. The van der Waals surface area contributed by atoms with Crippen molar-refractivity contribution < 1.29 is 27.9 Å². The molecule has 0 radical (unpaired) electrons. The van der Waals surface area contributed by atoms with Gasteiger partial charge in [0.25, 0.3) is 5.91 Å². The molecule has 1 heterocycles. The van der Waals surface area contributed by atoms with Crippen LogP contribution in [0.4, 0.5) is 18.9 Å². The minimum Gasteiger partial charge on any atom is -0.410 e. The number of halogens is 3. The van der Waals surface area contributed by atoms with Crippen LogP contribution in [0.3, 0.4) is 0 Å². The average Bonchev–Trinajstić information content (AvgIpc) is 2.50. The van der Waals surface area contributed by atoms with Crippen molar-refractivity contribution >= 4 is 17.3 Å². The zero-order chi connectivity index (χ0) is 12.6. The molecule has 2 N–H and O–H groups in total. The Balaban J connectivity index is 2.39. The number of hydrogen-bond acceptors (Lipinski definition) is 4. The number of anilines is 1. The van der Waals surface area contributed by atoms with Gasteiger partial charge in [0.1, 0.15) is 5.75 Å². The zero-order valence-corrected chi connectivity index (χ0v) is 8.08. The van der Waals surface area contributed by atoms with E-state index in [9.17, 15) is 18.0 Å². The number of alkyl halides is 3. The number of hydrogen-bond donors (Lipinski definition) is 2. The largest absolute Gasteiger partial charge is 0.573 e. The first-order valence-corrected chi connectivity index (χ1v) is 4.34. The lowest BCUT2D eigenvalue weighted by molar-refractivity contribution is -0.274. The Labute approximate surface area is 92.5 Å². The summed E-state index contributed by atoms with van der Waals surface area (Å²) in [6, 6.07) is 3.25. The van der Waals surface area contributed by atoms with Crippen molar-refractivity contribution in [2.45, 2.75) is 6.36 Å². The second-order valence-electron chi connectivity index (χ2n) is 3.16. The van der Waals surface area contributed by atoms with Crippen LogP contribution in [0.25, 0.3) is 0 Å². The number of benzene rings is 1. The maximum absolute atomic E-state index is 12.0. The van der Waals surface area contributed by atoms with Gasteiger partial charge in [-0.2, -0.15) is 0 Å². The summed E-state index contributed by atoms with van der Waals surface area (Å²) in [5.74, 6) is -1.18. The highest BCUT2D eigenvalue weighted by Gasteiger charge is 2.33. The van der Waals surface area contributed by atoms with Crippen LogP contribution in [-0.2, 0) is 4.79 Å². The van der Waals surface area contributed by atoms with Crippen LogP contribution < -0.4 is 10.1 Å². The van der Waals surface area contributed by atoms with E-state index in [-0.39, 0.29) is 17.0 Å². The molecule has 0 saturated heterocycles. The lowest BCUT2D eigenvalue weighted by atomic mass is 10.1. The van der Waals surface area contributed by atoms with E-state index in [1.165, 1.54) is 6.07 Å². The number of oxime groups is 1. The van der Waals surface area contributed by atoms with Crippen molar-refractivity contribution in [2.75, 3.05) is 5.32 Å². The number of rotatable bonds is 1. The Hall–Kier alpha value is -2.25. The van der Waals surface area contributed by atoms with Crippen molar-refractivity contribution in [1.82, 2.24) is 0 Å². The molecule has 0 aliphatic carbocycles. The number of nitrogens with zero attached hydrogens (tertiary/aromatic N) is 1. The third-order valence-corrected chi connectivity index (χ3v) is 2.04.